The minimum atomic E-state index is -2.45. The van der Waals surface area contributed by atoms with Gasteiger partial charge in [-0.2, -0.15) is 0 Å². The molecule has 0 spiro atoms. The largest absolute Gasteiger partial charge is 0.591 e. The van der Waals surface area contributed by atoms with E-state index in [-0.39, 0.29) is 0 Å². The van der Waals surface area contributed by atoms with Gasteiger partial charge in [-0.25, -0.2) is 0 Å². The molecule has 3 nitrogen and oxygen atoms in total. The molecule has 4 heteroatoms. The van der Waals surface area contributed by atoms with Crippen LogP contribution in [0.4, 0.5) is 5.69 Å². The Hall–Kier alpha value is -0.920. The Labute approximate surface area is 72.5 Å². The van der Waals surface area contributed by atoms with Gasteiger partial charge >= 0.3 is 8.03 Å². The van der Waals surface area contributed by atoms with Gasteiger partial charge in [0.1, 0.15) is 0 Å². The maximum Gasteiger partial charge on any atom is 0.348 e. The van der Waals surface area contributed by atoms with Crippen LogP contribution in [-0.2, 0) is 4.57 Å². The molecule has 0 N–H and O–H groups in total. The number of benzene rings is 1. The highest BCUT2D eigenvalue weighted by molar-refractivity contribution is 7.45. The normalized spacial score (nSPS) is 11.1. The zero-order valence-corrected chi connectivity index (χ0v) is 7.91. The predicted octanol–water partition coefficient (Wildman–Crippen LogP) is 0.481. The lowest BCUT2D eigenvalue weighted by atomic mass is 10.3. The van der Waals surface area contributed by atoms with E-state index in [9.17, 15) is 9.46 Å². The van der Waals surface area contributed by atoms with Gasteiger partial charge in [0, 0.05) is 19.8 Å². The first-order chi connectivity index (χ1) is 5.61. The van der Waals surface area contributed by atoms with Gasteiger partial charge in [0.05, 0.1) is 0 Å². The average molecular weight is 183 g/mol. The summed E-state index contributed by atoms with van der Waals surface area (Å²) in [6.45, 7) is 0. The molecular weight excluding hydrogens is 173 g/mol. The number of hydrogen-bond acceptors (Lipinski definition) is 3. The monoisotopic (exact) mass is 183 g/mol. The van der Waals surface area contributed by atoms with Crippen LogP contribution in [0.2, 0.25) is 0 Å². The standard InChI is InChI=1S/C8H10NO2P/c1-9(2)7-3-5-8(6-4-7)12(10)11/h3-6H,1-2H3. The van der Waals surface area contributed by atoms with Crippen molar-refractivity contribution < 1.29 is 9.46 Å². The zero-order valence-electron chi connectivity index (χ0n) is 7.02. The average Bonchev–Trinajstić information content (AvgIpc) is 2.04. The second-order valence-electron chi connectivity index (χ2n) is 2.67. The summed E-state index contributed by atoms with van der Waals surface area (Å²) in [7, 11) is 1.37. The Morgan fingerprint density at radius 3 is 2.08 bits per heavy atom. The SMILES string of the molecule is CN(C)c1ccc([P+](=O)[O-])cc1. The molecule has 0 heterocycles. The highest BCUT2D eigenvalue weighted by atomic mass is 31.1. The van der Waals surface area contributed by atoms with Crippen molar-refractivity contribution in [1.82, 2.24) is 0 Å². The second-order valence-corrected chi connectivity index (χ2v) is 3.70. The van der Waals surface area contributed by atoms with Gasteiger partial charge < -0.3 is 9.79 Å². The van der Waals surface area contributed by atoms with E-state index in [0.717, 1.165) is 5.69 Å². The quantitative estimate of drug-likeness (QED) is 0.626. The van der Waals surface area contributed by atoms with Crippen LogP contribution in [0.1, 0.15) is 0 Å². The summed E-state index contributed by atoms with van der Waals surface area (Å²) in [4.78, 5) is 12.4. The molecule has 1 aromatic rings. The van der Waals surface area contributed by atoms with E-state index in [1.165, 1.54) is 0 Å². The Balaban J connectivity index is 2.93. The summed E-state index contributed by atoms with van der Waals surface area (Å²) in [5, 5.41) is 0.357. The molecule has 0 fully saturated rings. The van der Waals surface area contributed by atoms with Crippen LogP contribution in [0.5, 0.6) is 0 Å². The second kappa shape index (κ2) is 3.65. The van der Waals surface area contributed by atoms with Gasteiger partial charge in [-0.3, -0.25) is 0 Å². The molecule has 0 aliphatic heterocycles. The molecule has 0 radical (unpaired) electrons. The van der Waals surface area contributed by atoms with Gasteiger partial charge in [0.15, 0.2) is 5.30 Å². The highest BCUT2D eigenvalue weighted by Gasteiger charge is 2.05. The first kappa shape index (κ1) is 9.17. The van der Waals surface area contributed by atoms with E-state index >= 15 is 0 Å². The van der Waals surface area contributed by atoms with E-state index in [0.29, 0.717) is 5.30 Å². The number of hydrogen-bond donors (Lipinski definition) is 0. The van der Waals surface area contributed by atoms with E-state index in [4.69, 9.17) is 0 Å². The molecule has 64 valence electrons. The van der Waals surface area contributed by atoms with Gasteiger partial charge in [0.2, 0.25) is 0 Å². The Morgan fingerprint density at radius 1 is 1.25 bits per heavy atom. The summed E-state index contributed by atoms with van der Waals surface area (Å²) in [5.74, 6) is 0. The van der Waals surface area contributed by atoms with Crippen LogP contribution in [0.15, 0.2) is 24.3 Å². The molecule has 1 atom stereocenters. The molecular formula is C8H10NO2P. The zero-order chi connectivity index (χ0) is 9.14. The van der Waals surface area contributed by atoms with Crippen molar-refractivity contribution in [3.05, 3.63) is 24.3 Å². The van der Waals surface area contributed by atoms with Gasteiger partial charge in [-0.05, 0) is 24.3 Å². The number of rotatable bonds is 2. The molecule has 0 aliphatic carbocycles. The van der Waals surface area contributed by atoms with Crippen LogP contribution in [0.25, 0.3) is 0 Å². The molecule has 1 rings (SSSR count). The fourth-order valence-corrected chi connectivity index (χ4v) is 1.26. The number of nitrogens with zero attached hydrogens (tertiary/aromatic N) is 1. The smallest absolute Gasteiger partial charge is 0.348 e. The molecule has 0 aliphatic rings. The van der Waals surface area contributed by atoms with Crippen molar-refractivity contribution in [2.75, 3.05) is 19.0 Å². The third-order valence-electron chi connectivity index (χ3n) is 1.58. The fraction of sp³-hybridized carbons (Fsp3) is 0.250. The van der Waals surface area contributed by atoms with Crippen molar-refractivity contribution in [3.63, 3.8) is 0 Å². The lowest BCUT2D eigenvalue weighted by Gasteiger charge is -2.10. The minimum absolute atomic E-state index is 0.357. The highest BCUT2D eigenvalue weighted by Crippen LogP contribution is 2.13. The van der Waals surface area contributed by atoms with Crippen molar-refractivity contribution in [1.29, 1.82) is 0 Å². The van der Waals surface area contributed by atoms with E-state index < -0.39 is 8.03 Å². The van der Waals surface area contributed by atoms with Gasteiger partial charge in [0.25, 0.3) is 0 Å². The Morgan fingerprint density at radius 2 is 1.75 bits per heavy atom. The summed E-state index contributed by atoms with van der Waals surface area (Å²) < 4.78 is 10.5. The lowest BCUT2D eigenvalue weighted by Crippen LogP contribution is -2.10. The first-order valence-electron chi connectivity index (χ1n) is 3.53. The summed E-state index contributed by atoms with van der Waals surface area (Å²) in [5.41, 5.74) is 0.996. The Bertz CT molecular complexity index is 282. The molecule has 0 saturated carbocycles. The summed E-state index contributed by atoms with van der Waals surface area (Å²) in [6, 6.07) is 6.75. The van der Waals surface area contributed by atoms with Crippen LogP contribution >= 0.6 is 8.03 Å². The maximum atomic E-state index is 10.5. The maximum absolute atomic E-state index is 10.5. The van der Waals surface area contributed by atoms with Crippen LogP contribution in [-0.4, -0.2) is 14.1 Å². The predicted molar refractivity (Wildman–Crippen MR) is 48.0 cm³/mol. The van der Waals surface area contributed by atoms with Gasteiger partial charge in [-0.15, -0.1) is 0 Å². The first-order valence-corrected chi connectivity index (χ1v) is 4.71. The third kappa shape index (κ3) is 2.03. The molecule has 0 bridgehead atoms. The van der Waals surface area contributed by atoms with Crippen molar-refractivity contribution in [2.45, 2.75) is 0 Å². The summed E-state index contributed by atoms with van der Waals surface area (Å²) in [6.07, 6.45) is 0. The molecule has 1 unspecified atom stereocenters. The van der Waals surface area contributed by atoms with Crippen molar-refractivity contribution in [2.24, 2.45) is 0 Å². The Kier molecular flexibility index (Phi) is 2.79. The van der Waals surface area contributed by atoms with Crippen LogP contribution in [0.3, 0.4) is 0 Å². The van der Waals surface area contributed by atoms with Gasteiger partial charge in [-0.1, -0.05) is 4.57 Å². The van der Waals surface area contributed by atoms with Crippen molar-refractivity contribution >= 4 is 19.0 Å². The molecule has 12 heavy (non-hydrogen) atoms. The molecule has 0 saturated heterocycles. The van der Waals surface area contributed by atoms with E-state index in [1.807, 2.05) is 19.0 Å². The number of anilines is 1. The fourth-order valence-electron chi connectivity index (χ4n) is 0.872. The molecule has 1 aromatic carbocycles. The molecule has 0 aromatic heterocycles. The van der Waals surface area contributed by atoms with Crippen LogP contribution in [0, 0.1) is 0 Å². The molecule has 0 amide bonds. The van der Waals surface area contributed by atoms with E-state index in [2.05, 4.69) is 0 Å². The third-order valence-corrected chi connectivity index (χ3v) is 2.30. The lowest BCUT2D eigenvalue weighted by molar-refractivity contribution is -0.160. The van der Waals surface area contributed by atoms with E-state index in [1.54, 1.807) is 24.3 Å². The van der Waals surface area contributed by atoms with Crippen molar-refractivity contribution in [3.8, 4) is 0 Å². The topological polar surface area (TPSA) is 43.4 Å². The van der Waals surface area contributed by atoms with Crippen LogP contribution < -0.4 is 15.1 Å². The summed E-state index contributed by atoms with van der Waals surface area (Å²) >= 11 is 0. The minimum Gasteiger partial charge on any atom is -0.591 e.